The van der Waals surface area contributed by atoms with E-state index in [-0.39, 0.29) is 22.0 Å². The van der Waals surface area contributed by atoms with Crippen molar-refractivity contribution in [1.29, 1.82) is 0 Å². The standard InChI is InChI=1S/C12H14ClN3O3S/c13-11-3-2-10(7-14-11)20(18,19)15-5-6-16-9(8-15)1-4-12(16)17/h2-3,7,9H,1,4-6,8H2. The van der Waals surface area contributed by atoms with Crippen molar-refractivity contribution in [2.75, 3.05) is 19.6 Å². The van der Waals surface area contributed by atoms with Crippen LogP contribution < -0.4 is 0 Å². The predicted molar refractivity (Wildman–Crippen MR) is 72.7 cm³/mol. The van der Waals surface area contributed by atoms with Gasteiger partial charge in [-0.1, -0.05) is 11.6 Å². The first-order valence-corrected chi connectivity index (χ1v) is 8.21. The maximum Gasteiger partial charge on any atom is 0.244 e. The second kappa shape index (κ2) is 4.98. The van der Waals surface area contributed by atoms with E-state index in [2.05, 4.69) is 4.98 Å². The normalized spacial score (nSPS) is 23.9. The van der Waals surface area contributed by atoms with Gasteiger partial charge in [0.25, 0.3) is 0 Å². The molecule has 1 unspecified atom stereocenters. The van der Waals surface area contributed by atoms with Gasteiger partial charge in [-0.25, -0.2) is 13.4 Å². The molecule has 2 aliphatic rings. The van der Waals surface area contributed by atoms with Crippen molar-refractivity contribution in [1.82, 2.24) is 14.2 Å². The van der Waals surface area contributed by atoms with E-state index in [0.717, 1.165) is 6.42 Å². The fourth-order valence-electron chi connectivity index (χ4n) is 2.72. The first-order valence-electron chi connectivity index (χ1n) is 6.39. The molecule has 0 radical (unpaired) electrons. The number of pyridine rings is 1. The quantitative estimate of drug-likeness (QED) is 0.754. The Balaban J connectivity index is 1.82. The summed E-state index contributed by atoms with van der Waals surface area (Å²) in [5.41, 5.74) is 0. The largest absolute Gasteiger partial charge is 0.337 e. The first-order chi connectivity index (χ1) is 9.48. The van der Waals surface area contributed by atoms with Crippen LogP contribution in [0.4, 0.5) is 0 Å². The predicted octanol–water partition coefficient (Wildman–Crippen LogP) is 0.730. The van der Waals surface area contributed by atoms with Crippen molar-refractivity contribution in [3.05, 3.63) is 23.5 Å². The molecule has 1 amide bonds. The van der Waals surface area contributed by atoms with Crippen LogP contribution in [0.5, 0.6) is 0 Å². The molecule has 2 aliphatic heterocycles. The number of sulfonamides is 1. The third kappa shape index (κ3) is 2.30. The molecule has 0 spiro atoms. The van der Waals surface area contributed by atoms with Crippen LogP contribution in [-0.2, 0) is 14.8 Å². The number of piperazine rings is 1. The monoisotopic (exact) mass is 315 g/mol. The molecule has 1 aromatic rings. The Morgan fingerprint density at radius 2 is 2.10 bits per heavy atom. The van der Waals surface area contributed by atoms with E-state index in [1.54, 1.807) is 4.90 Å². The van der Waals surface area contributed by atoms with Crippen LogP contribution in [0, 0.1) is 0 Å². The summed E-state index contributed by atoms with van der Waals surface area (Å²) in [6, 6.07) is 2.92. The molecule has 1 aromatic heterocycles. The number of nitrogens with zero attached hydrogens (tertiary/aromatic N) is 3. The zero-order valence-corrected chi connectivity index (χ0v) is 12.3. The Morgan fingerprint density at radius 3 is 2.80 bits per heavy atom. The smallest absolute Gasteiger partial charge is 0.244 e. The van der Waals surface area contributed by atoms with E-state index in [1.165, 1.54) is 22.6 Å². The van der Waals surface area contributed by atoms with Gasteiger partial charge in [-0.15, -0.1) is 0 Å². The fourth-order valence-corrected chi connectivity index (χ4v) is 4.24. The number of halogens is 1. The molecular weight excluding hydrogens is 302 g/mol. The molecular formula is C12H14ClN3O3S. The second-order valence-corrected chi connectivity index (χ2v) is 7.28. The highest BCUT2D eigenvalue weighted by Gasteiger charge is 2.39. The van der Waals surface area contributed by atoms with Gasteiger partial charge in [0.05, 0.1) is 0 Å². The lowest BCUT2D eigenvalue weighted by molar-refractivity contribution is -0.130. The summed E-state index contributed by atoms with van der Waals surface area (Å²) < 4.78 is 26.4. The molecule has 8 heteroatoms. The van der Waals surface area contributed by atoms with Gasteiger partial charge in [0, 0.05) is 38.3 Å². The SMILES string of the molecule is O=C1CCC2CN(S(=O)(=O)c3ccc(Cl)nc3)CCN12. The Hall–Kier alpha value is -1.18. The summed E-state index contributed by atoms with van der Waals surface area (Å²) in [4.78, 5) is 17.3. The number of hydrogen-bond donors (Lipinski definition) is 0. The molecule has 3 rings (SSSR count). The molecule has 0 N–H and O–H groups in total. The van der Waals surface area contributed by atoms with Gasteiger partial charge < -0.3 is 4.90 Å². The van der Waals surface area contributed by atoms with Crippen LogP contribution >= 0.6 is 11.6 Å². The lowest BCUT2D eigenvalue weighted by Gasteiger charge is -2.36. The van der Waals surface area contributed by atoms with Gasteiger partial charge >= 0.3 is 0 Å². The lowest BCUT2D eigenvalue weighted by atomic mass is 10.2. The number of rotatable bonds is 2. The van der Waals surface area contributed by atoms with Crippen LogP contribution in [-0.4, -0.2) is 54.2 Å². The number of carbonyl (C=O) groups is 1. The molecule has 6 nitrogen and oxygen atoms in total. The summed E-state index contributed by atoms with van der Waals surface area (Å²) in [5.74, 6) is 0.125. The number of carbonyl (C=O) groups excluding carboxylic acids is 1. The molecule has 20 heavy (non-hydrogen) atoms. The van der Waals surface area contributed by atoms with Crippen LogP contribution in [0.15, 0.2) is 23.2 Å². The van der Waals surface area contributed by atoms with E-state index in [9.17, 15) is 13.2 Å². The molecule has 2 fully saturated rings. The van der Waals surface area contributed by atoms with E-state index < -0.39 is 10.0 Å². The number of fused-ring (bicyclic) bond motifs is 1. The molecule has 0 saturated carbocycles. The second-order valence-electron chi connectivity index (χ2n) is 4.96. The number of amides is 1. The molecule has 0 aromatic carbocycles. The minimum atomic E-state index is -3.56. The average molecular weight is 316 g/mol. The van der Waals surface area contributed by atoms with Gasteiger partial charge in [-0.2, -0.15) is 4.31 Å². The minimum Gasteiger partial charge on any atom is -0.337 e. The fraction of sp³-hybridized carbons (Fsp3) is 0.500. The molecule has 108 valence electrons. The third-order valence-electron chi connectivity index (χ3n) is 3.80. The Kier molecular flexibility index (Phi) is 3.43. The van der Waals surface area contributed by atoms with Gasteiger partial charge in [-0.05, 0) is 18.6 Å². The van der Waals surface area contributed by atoms with E-state index >= 15 is 0 Å². The summed E-state index contributed by atoms with van der Waals surface area (Å²) in [6.45, 7) is 1.15. The van der Waals surface area contributed by atoms with E-state index in [1.807, 2.05) is 0 Å². The zero-order chi connectivity index (χ0) is 14.3. The highest BCUT2D eigenvalue weighted by atomic mass is 35.5. The maximum absolute atomic E-state index is 12.5. The van der Waals surface area contributed by atoms with Gasteiger partial charge in [0.2, 0.25) is 15.9 Å². The molecule has 2 saturated heterocycles. The highest BCUT2D eigenvalue weighted by Crippen LogP contribution is 2.26. The van der Waals surface area contributed by atoms with Crippen LogP contribution in [0.3, 0.4) is 0 Å². The summed E-state index contributed by atoms with van der Waals surface area (Å²) in [7, 11) is -3.56. The first kappa shape index (κ1) is 13.8. The molecule has 1 atom stereocenters. The van der Waals surface area contributed by atoms with E-state index in [4.69, 9.17) is 11.6 Å². The lowest BCUT2D eigenvalue weighted by Crippen LogP contribution is -2.53. The Bertz CT molecular complexity index is 632. The summed E-state index contributed by atoms with van der Waals surface area (Å²) >= 11 is 5.67. The maximum atomic E-state index is 12.5. The molecule has 3 heterocycles. The third-order valence-corrected chi connectivity index (χ3v) is 5.87. The highest BCUT2D eigenvalue weighted by molar-refractivity contribution is 7.89. The van der Waals surface area contributed by atoms with Crippen LogP contribution in [0.1, 0.15) is 12.8 Å². The molecule has 0 bridgehead atoms. The van der Waals surface area contributed by atoms with Crippen molar-refractivity contribution in [2.24, 2.45) is 0 Å². The van der Waals surface area contributed by atoms with Crippen LogP contribution in [0.2, 0.25) is 5.15 Å². The van der Waals surface area contributed by atoms with Gasteiger partial charge in [0.1, 0.15) is 10.0 Å². The van der Waals surface area contributed by atoms with Crippen molar-refractivity contribution in [3.8, 4) is 0 Å². The number of hydrogen-bond acceptors (Lipinski definition) is 4. The van der Waals surface area contributed by atoms with Gasteiger partial charge in [-0.3, -0.25) is 4.79 Å². The zero-order valence-electron chi connectivity index (χ0n) is 10.7. The topological polar surface area (TPSA) is 70.6 Å². The summed E-state index contributed by atoms with van der Waals surface area (Å²) in [5, 5.41) is 0.259. The van der Waals surface area contributed by atoms with Crippen molar-refractivity contribution in [3.63, 3.8) is 0 Å². The van der Waals surface area contributed by atoms with Crippen molar-refractivity contribution < 1.29 is 13.2 Å². The Morgan fingerprint density at radius 1 is 1.30 bits per heavy atom. The van der Waals surface area contributed by atoms with Crippen molar-refractivity contribution >= 4 is 27.5 Å². The minimum absolute atomic E-state index is 0.00582. The average Bonchev–Trinajstić information content (AvgIpc) is 2.80. The summed E-state index contributed by atoms with van der Waals surface area (Å²) in [6.07, 6.45) is 2.51. The van der Waals surface area contributed by atoms with Gasteiger partial charge in [0.15, 0.2) is 0 Å². The molecule has 0 aliphatic carbocycles. The van der Waals surface area contributed by atoms with Crippen LogP contribution in [0.25, 0.3) is 0 Å². The number of aromatic nitrogens is 1. The van der Waals surface area contributed by atoms with E-state index in [0.29, 0.717) is 26.1 Å². The Labute approximate surface area is 122 Å². The van der Waals surface area contributed by atoms with Crippen molar-refractivity contribution in [2.45, 2.75) is 23.8 Å².